The van der Waals surface area contributed by atoms with Crippen LogP contribution in [0.3, 0.4) is 0 Å². The zero-order chi connectivity index (χ0) is 17.9. The summed E-state index contributed by atoms with van der Waals surface area (Å²) in [6.07, 6.45) is 2.74. The average Bonchev–Trinajstić information content (AvgIpc) is 2.64. The summed E-state index contributed by atoms with van der Waals surface area (Å²) >= 11 is 0. The van der Waals surface area contributed by atoms with Gasteiger partial charge in [-0.3, -0.25) is 9.69 Å². The van der Waals surface area contributed by atoms with E-state index < -0.39 is 5.60 Å². The standard InChI is InChI=1S/C20H30N2O3/c1-16-3-5-18(6-4-16)13-20(15-23)14-22(11-12-25-20)19-7-9-21(10-8-19)17(2)24/h3-6,19,23H,7-15H2,1-2H3. The van der Waals surface area contributed by atoms with Crippen LogP contribution >= 0.6 is 0 Å². The highest BCUT2D eigenvalue weighted by atomic mass is 16.5. The molecule has 0 spiro atoms. The van der Waals surface area contributed by atoms with Crippen molar-refractivity contribution in [2.45, 2.75) is 44.8 Å². The van der Waals surface area contributed by atoms with E-state index in [0.29, 0.717) is 12.6 Å². The van der Waals surface area contributed by atoms with Gasteiger partial charge < -0.3 is 14.7 Å². The molecule has 0 saturated carbocycles. The molecular formula is C20H30N2O3. The van der Waals surface area contributed by atoms with E-state index in [0.717, 1.165) is 45.4 Å². The molecule has 5 nitrogen and oxygen atoms in total. The van der Waals surface area contributed by atoms with Crippen molar-refractivity contribution in [2.75, 3.05) is 39.4 Å². The maximum Gasteiger partial charge on any atom is 0.219 e. The average molecular weight is 346 g/mol. The first-order valence-corrected chi connectivity index (χ1v) is 9.31. The number of carbonyl (C=O) groups excluding carboxylic acids is 1. The van der Waals surface area contributed by atoms with Crippen molar-refractivity contribution in [1.82, 2.24) is 9.80 Å². The van der Waals surface area contributed by atoms with Crippen LogP contribution in [0.5, 0.6) is 0 Å². The summed E-state index contributed by atoms with van der Waals surface area (Å²) < 4.78 is 6.07. The number of hydrogen-bond acceptors (Lipinski definition) is 4. The summed E-state index contributed by atoms with van der Waals surface area (Å²) in [5.74, 6) is 0.171. The highest BCUT2D eigenvalue weighted by molar-refractivity contribution is 5.73. The normalized spacial score (nSPS) is 26.0. The number of carbonyl (C=O) groups is 1. The first kappa shape index (κ1) is 18.4. The van der Waals surface area contributed by atoms with E-state index >= 15 is 0 Å². The number of aryl methyl sites for hydroxylation is 1. The van der Waals surface area contributed by atoms with Gasteiger partial charge in [0.15, 0.2) is 0 Å². The minimum absolute atomic E-state index is 0.0314. The number of aliphatic hydroxyl groups excluding tert-OH is 1. The zero-order valence-electron chi connectivity index (χ0n) is 15.4. The molecule has 0 radical (unpaired) electrons. The lowest BCUT2D eigenvalue weighted by Gasteiger charge is -2.47. The summed E-state index contributed by atoms with van der Waals surface area (Å²) in [5, 5.41) is 10.1. The monoisotopic (exact) mass is 346 g/mol. The fourth-order valence-electron chi connectivity index (χ4n) is 4.07. The van der Waals surface area contributed by atoms with Crippen LogP contribution in [-0.4, -0.2) is 71.8 Å². The van der Waals surface area contributed by atoms with Gasteiger partial charge in [0, 0.05) is 45.6 Å². The molecule has 1 unspecified atom stereocenters. The van der Waals surface area contributed by atoms with E-state index in [1.54, 1.807) is 6.92 Å². The van der Waals surface area contributed by atoms with Gasteiger partial charge in [0.2, 0.25) is 5.91 Å². The number of amides is 1. The van der Waals surface area contributed by atoms with Crippen molar-refractivity contribution >= 4 is 5.91 Å². The molecule has 1 atom stereocenters. The van der Waals surface area contributed by atoms with Crippen molar-refractivity contribution < 1.29 is 14.6 Å². The van der Waals surface area contributed by atoms with Gasteiger partial charge in [0.1, 0.15) is 5.60 Å². The van der Waals surface area contributed by atoms with Gasteiger partial charge in [0.25, 0.3) is 0 Å². The third kappa shape index (κ3) is 4.40. The number of morpholine rings is 1. The minimum Gasteiger partial charge on any atom is -0.393 e. The van der Waals surface area contributed by atoms with E-state index in [1.165, 1.54) is 11.1 Å². The van der Waals surface area contributed by atoms with Crippen molar-refractivity contribution in [2.24, 2.45) is 0 Å². The van der Waals surface area contributed by atoms with Crippen LogP contribution in [0, 0.1) is 6.92 Å². The third-order valence-corrected chi connectivity index (χ3v) is 5.64. The van der Waals surface area contributed by atoms with Crippen LogP contribution in [0.25, 0.3) is 0 Å². The molecule has 2 heterocycles. The smallest absolute Gasteiger partial charge is 0.219 e. The predicted octanol–water partition coefficient (Wildman–Crippen LogP) is 1.61. The summed E-state index contributed by atoms with van der Waals surface area (Å²) in [4.78, 5) is 15.9. The molecule has 2 fully saturated rings. The van der Waals surface area contributed by atoms with E-state index in [9.17, 15) is 9.90 Å². The Bertz CT molecular complexity index is 581. The molecule has 2 aliphatic heterocycles. The summed E-state index contributed by atoms with van der Waals surface area (Å²) in [5.41, 5.74) is 1.92. The van der Waals surface area contributed by atoms with Crippen LogP contribution < -0.4 is 0 Å². The zero-order valence-corrected chi connectivity index (χ0v) is 15.4. The number of aliphatic hydroxyl groups is 1. The molecule has 1 aromatic carbocycles. The van der Waals surface area contributed by atoms with Gasteiger partial charge in [-0.15, -0.1) is 0 Å². The molecule has 0 aromatic heterocycles. The molecule has 1 N–H and O–H groups in total. The van der Waals surface area contributed by atoms with Gasteiger partial charge in [-0.25, -0.2) is 0 Å². The molecule has 1 aromatic rings. The third-order valence-electron chi connectivity index (χ3n) is 5.64. The Labute approximate surface area is 150 Å². The topological polar surface area (TPSA) is 53.0 Å². The molecule has 5 heteroatoms. The van der Waals surface area contributed by atoms with Crippen LogP contribution in [0.1, 0.15) is 30.9 Å². The predicted molar refractivity (Wildman–Crippen MR) is 97.5 cm³/mol. The van der Waals surface area contributed by atoms with Gasteiger partial charge >= 0.3 is 0 Å². The number of likely N-dealkylation sites (tertiary alicyclic amines) is 1. The van der Waals surface area contributed by atoms with Crippen molar-refractivity contribution in [3.63, 3.8) is 0 Å². The maximum atomic E-state index is 11.5. The lowest BCUT2D eigenvalue weighted by atomic mass is 9.91. The Kier molecular flexibility index (Phi) is 5.77. The highest BCUT2D eigenvalue weighted by Gasteiger charge is 2.39. The van der Waals surface area contributed by atoms with E-state index in [-0.39, 0.29) is 12.5 Å². The second-order valence-electron chi connectivity index (χ2n) is 7.56. The first-order valence-electron chi connectivity index (χ1n) is 9.31. The van der Waals surface area contributed by atoms with Crippen LogP contribution in [-0.2, 0) is 16.0 Å². The maximum absolute atomic E-state index is 11.5. The van der Waals surface area contributed by atoms with E-state index in [2.05, 4.69) is 36.1 Å². The summed E-state index contributed by atoms with van der Waals surface area (Å²) in [7, 11) is 0. The Morgan fingerprint density at radius 2 is 1.92 bits per heavy atom. The number of hydrogen-bond donors (Lipinski definition) is 1. The molecule has 1 amide bonds. The fraction of sp³-hybridized carbons (Fsp3) is 0.650. The number of ether oxygens (including phenoxy) is 1. The Balaban J connectivity index is 1.64. The molecule has 3 rings (SSSR count). The molecule has 2 aliphatic rings. The van der Waals surface area contributed by atoms with E-state index in [1.807, 2.05) is 4.90 Å². The van der Waals surface area contributed by atoms with Gasteiger partial charge in [-0.2, -0.15) is 0 Å². The molecule has 25 heavy (non-hydrogen) atoms. The van der Waals surface area contributed by atoms with Gasteiger partial charge in [0.05, 0.1) is 13.2 Å². The van der Waals surface area contributed by atoms with Gasteiger partial charge in [-0.05, 0) is 25.3 Å². The number of benzene rings is 1. The summed E-state index contributed by atoms with van der Waals surface area (Å²) in [6.45, 7) is 7.74. The largest absolute Gasteiger partial charge is 0.393 e. The van der Waals surface area contributed by atoms with E-state index in [4.69, 9.17) is 4.74 Å². The molecular weight excluding hydrogens is 316 g/mol. The molecule has 138 valence electrons. The van der Waals surface area contributed by atoms with Gasteiger partial charge in [-0.1, -0.05) is 29.8 Å². The minimum atomic E-state index is -0.523. The van der Waals surface area contributed by atoms with Crippen LogP contribution in [0.4, 0.5) is 0 Å². The Morgan fingerprint density at radius 3 is 2.52 bits per heavy atom. The van der Waals surface area contributed by atoms with Crippen LogP contribution in [0.15, 0.2) is 24.3 Å². The van der Waals surface area contributed by atoms with Crippen molar-refractivity contribution in [1.29, 1.82) is 0 Å². The SMILES string of the molecule is CC(=O)N1CCC(N2CCOC(CO)(Cc3ccc(C)cc3)C2)CC1. The molecule has 0 bridgehead atoms. The number of rotatable bonds is 4. The highest BCUT2D eigenvalue weighted by Crippen LogP contribution is 2.27. The quantitative estimate of drug-likeness (QED) is 0.900. The second kappa shape index (κ2) is 7.85. The summed E-state index contributed by atoms with van der Waals surface area (Å²) in [6, 6.07) is 8.95. The first-order chi connectivity index (χ1) is 12.0. The van der Waals surface area contributed by atoms with Crippen molar-refractivity contribution in [3.8, 4) is 0 Å². The fourth-order valence-corrected chi connectivity index (χ4v) is 4.07. The molecule has 0 aliphatic carbocycles. The van der Waals surface area contributed by atoms with Crippen LogP contribution in [0.2, 0.25) is 0 Å². The number of piperidine rings is 1. The molecule has 2 saturated heterocycles. The number of nitrogens with zero attached hydrogens (tertiary/aromatic N) is 2. The van der Waals surface area contributed by atoms with Crippen molar-refractivity contribution in [3.05, 3.63) is 35.4 Å². The lowest BCUT2D eigenvalue weighted by molar-refractivity contribution is -0.146. The Hall–Kier alpha value is -1.43. The second-order valence-corrected chi connectivity index (χ2v) is 7.56. The Morgan fingerprint density at radius 1 is 1.24 bits per heavy atom. The lowest BCUT2D eigenvalue weighted by Crippen LogP contribution is -2.59.